The van der Waals surface area contributed by atoms with Crippen molar-refractivity contribution in [2.24, 2.45) is 0 Å². The summed E-state index contributed by atoms with van der Waals surface area (Å²) in [5.41, 5.74) is 1.59. The summed E-state index contributed by atoms with van der Waals surface area (Å²) in [7, 11) is 0. The molecule has 0 bridgehead atoms. The maximum atomic E-state index is 12.8. The molecule has 9 nitrogen and oxygen atoms in total. The molecule has 0 saturated carbocycles. The number of amides is 1. The minimum atomic E-state index is -1.10. The van der Waals surface area contributed by atoms with Crippen LogP contribution in [-0.4, -0.2) is 47.7 Å². The summed E-state index contributed by atoms with van der Waals surface area (Å²) < 4.78 is 1.10. The van der Waals surface area contributed by atoms with Crippen molar-refractivity contribution in [3.8, 4) is 0 Å². The molecule has 1 atom stereocenters. The summed E-state index contributed by atoms with van der Waals surface area (Å²) in [5.74, 6) is -1.58. The molecule has 1 aliphatic rings. The molecule has 1 aromatic carbocycles. The van der Waals surface area contributed by atoms with Crippen LogP contribution in [0.1, 0.15) is 17.1 Å². The molecule has 0 aliphatic carbocycles. The van der Waals surface area contributed by atoms with E-state index in [0.29, 0.717) is 22.5 Å². The van der Waals surface area contributed by atoms with E-state index in [4.69, 9.17) is 0 Å². The largest absolute Gasteiger partial charge is 0.480 e. The van der Waals surface area contributed by atoms with Crippen LogP contribution in [0.5, 0.6) is 0 Å². The summed E-state index contributed by atoms with van der Waals surface area (Å²) in [5, 5.41) is 14.9. The molecule has 27 heavy (non-hydrogen) atoms. The van der Waals surface area contributed by atoms with Crippen LogP contribution in [0.3, 0.4) is 0 Å². The topological polar surface area (TPSA) is 121 Å². The molecule has 1 aliphatic heterocycles. The van der Waals surface area contributed by atoms with E-state index in [-0.39, 0.29) is 25.1 Å². The zero-order valence-corrected chi connectivity index (χ0v) is 14.5. The summed E-state index contributed by atoms with van der Waals surface area (Å²) in [6.07, 6.45) is 1.61. The summed E-state index contributed by atoms with van der Waals surface area (Å²) in [6, 6.07) is 6.03. The van der Waals surface area contributed by atoms with E-state index in [0.717, 1.165) is 10.1 Å². The van der Waals surface area contributed by atoms with Crippen molar-refractivity contribution in [2.45, 2.75) is 32.5 Å². The molecule has 0 fully saturated rings. The number of aromatic amines is 1. The Balaban J connectivity index is 1.68. The number of aryl methyl sites for hydroxylation is 1. The first-order valence-electron chi connectivity index (χ1n) is 8.45. The van der Waals surface area contributed by atoms with Crippen LogP contribution in [-0.2, 0) is 29.1 Å². The number of H-pyrrole nitrogens is 1. The van der Waals surface area contributed by atoms with Crippen LogP contribution in [0.15, 0.2) is 35.4 Å². The average molecular weight is 367 g/mol. The number of hydrogen-bond donors (Lipinski definition) is 2. The third-order valence-corrected chi connectivity index (χ3v) is 4.84. The Labute approximate surface area is 153 Å². The van der Waals surface area contributed by atoms with E-state index >= 15 is 0 Å². The zero-order chi connectivity index (χ0) is 19.1. The van der Waals surface area contributed by atoms with Crippen molar-refractivity contribution >= 4 is 22.6 Å². The first-order valence-corrected chi connectivity index (χ1v) is 8.45. The molecule has 4 rings (SSSR count). The van der Waals surface area contributed by atoms with Crippen LogP contribution in [0, 0.1) is 6.92 Å². The third kappa shape index (κ3) is 2.86. The Kier molecular flexibility index (Phi) is 3.98. The van der Waals surface area contributed by atoms with Gasteiger partial charge in [-0.3, -0.25) is 9.59 Å². The van der Waals surface area contributed by atoms with Crippen LogP contribution in [0.25, 0.3) is 10.8 Å². The van der Waals surface area contributed by atoms with E-state index in [1.165, 1.54) is 11.2 Å². The van der Waals surface area contributed by atoms with Crippen molar-refractivity contribution in [3.63, 3.8) is 0 Å². The number of rotatable bonds is 3. The van der Waals surface area contributed by atoms with Crippen LogP contribution < -0.4 is 5.56 Å². The number of carboxylic acids is 1. The highest BCUT2D eigenvalue weighted by Gasteiger charge is 2.36. The fourth-order valence-electron chi connectivity index (χ4n) is 3.45. The van der Waals surface area contributed by atoms with Gasteiger partial charge in [0, 0.05) is 11.8 Å². The number of carboxylic acid groups (broad SMARTS) is 1. The van der Waals surface area contributed by atoms with Gasteiger partial charge in [0.25, 0.3) is 5.56 Å². The number of aliphatic carboxylic acids is 1. The second-order valence-corrected chi connectivity index (χ2v) is 6.50. The quantitative estimate of drug-likeness (QED) is 0.694. The minimum Gasteiger partial charge on any atom is -0.480 e. The standard InChI is InChI=1S/C18H17N5O4/c1-10-11-4-2-3-5-12(11)17(25)23(21-10)8-16(24)22-7-14-13(19-9-20-14)6-15(22)18(26)27/h2-5,9,15H,6-8H2,1H3,(H,19,20)(H,26,27). The lowest BCUT2D eigenvalue weighted by atomic mass is 10.0. The van der Waals surface area contributed by atoms with Gasteiger partial charge in [0.15, 0.2) is 0 Å². The molecule has 0 spiro atoms. The summed E-state index contributed by atoms with van der Waals surface area (Å²) >= 11 is 0. The van der Waals surface area contributed by atoms with E-state index in [1.54, 1.807) is 25.1 Å². The van der Waals surface area contributed by atoms with Crippen LogP contribution in [0.4, 0.5) is 0 Å². The van der Waals surface area contributed by atoms with Gasteiger partial charge in [0.05, 0.1) is 35.3 Å². The lowest BCUT2D eigenvalue weighted by molar-refractivity contribution is -0.151. The molecule has 2 N–H and O–H groups in total. The summed E-state index contributed by atoms with van der Waals surface area (Å²) in [4.78, 5) is 45.4. The predicted octanol–water partition coefficient (Wildman–Crippen LogP) is 0.466. The van der Waals surface area contributed by atoms with E-state index < -0.39 is 17.9 Å². The molecule has 1 unspecified atom stereocenters. The first-order chi connectivity index (χ1) is 13.0. The number of hydrogen-bond acceptors (Lipinski definition) is 5. The fourth-order valence-corrected chi connectivity index (χ4v) is 3.45. The van der Waals surface area contributed by atoms with E-state index in [2.05, 4.69) is 15.1 Å². The van der Waals surface area contributed by atoms with Gasteiger partial charge in [-0.25, -0.2) is 14.5 Å². The molecule has 1 amide bonds. The number of carbonyl (C=O) groups is 2. The van der Waals surface area contributed by atoms with E-state index in [1.807, 2.05) is 6.07 Å². The number of fused-ring (bicyclic) bond motifs is 2. The van der Waals surface area contributed by atoms with Gasteiger partial charge < -0.3 is 15.0 Å². The number of nitrogens with one attached hydrogen (secondary N) is 1. The van der Waals surface area contributed by atoms with Crippen LogP contribution in [0.2, 0.25) is 0 Å². The smallest absolute Gasteiger partial charge is 0.326 e. The second-order valence-electron chi connectivity index (χ2n) is 6.50. The van der Waals surface area contributed by atoms with Gasteiger partial charge in [0.1, 0.15) is 12.6 Å². The Morgan fingerprint density at radius 1 is 1.30 bits per heavy atom. The molecule has 138 valence electrons. The third-order valence-electron chi connectivity index (χ3n) is 4.84. The van der Waals surface area contributed by atoms with Gasteiger partial charge in [-0.2, -0.15) is 5.10 Å². The first kappa shape index (κ1) is 17.0. The predicted molar refractivity (Wildman–Crippen MR) is 95.0 cm³/mol. The van der Waals surface area contributed by atoms with Crippen molar-refractivity contribution in [2.75, 3.05) is 0 Å². The Morgan fingerprint density at radius 3 is 2.78 bits per heavy atom. The number of benzene rings is 1. The fraction of sp³-hybridized carbons (Fsp3) is 0.278. The number of carbonyl (C=O) groups excluding carboxylic acids is 1. The molecular weight excluding hydrogens is 350 g/mol. The maximum Gasteiger partial charge on any atom is 0.326 e. The highest BCUT2D eigenvalue weighted by atomic mass is 16.4. The molecule has 0 saturated heterocycles. The Morgan fingerprint density at radius 2 is 2.04 bits per heavy atom. The molecule has 0 radical (unpaired) electrons. The average Bonchev–Trinajstić information content (AvgIpc) is 3.12. The highest BCUT2D eigenvalue weighted by Crippen LogP contribution is 2.21. The number of nitrogens with zero attached hydrogens (tertiary/aromatic N) is 4. The van der Waals surface area contributed by atoms with Crippen molar-refractivity contribution < 1.29 is 14.7 Å². The number of imidazole rings is 1. The molecule has 9 heteroatoms. The van der Waals surface area contributed by atoms with Crippen molar-refractivity contribution in [1.29, 1.82) is 0 Å². The van der Waals surface area contributed by atoms with Crippen LogP contribution >= 0.6 is 0 Å². The van der Waals surface area contributed by atoms with E-state index in [9.17, 15) is 19.5 Å². The molecule has 2 aromatic heterocycles. The Bertz CT molecular complexity index is 1120. The van der Waals surface area contributed by atoms with Gasteiger partial charge in [-0.1, -0.05) is 18.2 Å². The maximum absolute atomic E-state index is 12.8. The normalized spacial score (nSPS) is 16.3. The summed E-state index contributed by atoms with van der Waals surface area (Å²) in [6.45, 7) is 1.55. The number of aromatic nitrogens is 4. The Hall–Kier alpha value is -3.49. The van der Waals surface area contributed by atoms with Crippen molar-refractivity contribution in [3.05, 3.63) is 58.0 Å². The minimum absolute atomic E-state index is 0.104. The van der Waals surface area contributed by atoms with Gasteiger partial charge in [-0.05, 0) is 13.0 Å². The molecule has 3 heterocycles. The lowest BCUT2D eigenvalue weighted by Crippen LogP contribution is -2.50. The second kappa shape index (κ2) is 6.35. The lowest BCUT2D eigenvalue weighted by Gasteiger charge is -2.32. The monoisotopic (exact) mass is 367 g/mol. The SMILES string of the molecule is Cc1nn(CC(=O)N2Cc3[nH]cnc3CC2C(=O)O)c(=O)c2ccccc12. The van der Waals surface area contributed by atoms with Gasteiger partial charge in [0.2, 0.25) is 5.91 Å². The highest BCUT2D eigenvalue weighted by molar-refractivity contribution is 5.85. The van der Waals surface area contributed by atoms with Gasteiger partial charge in [-0.15, -0.1) is 0 Å². The molecule has 3 aromatic rings. The van der Waals surface area contributed by atoms with Crippen molar-refractivity contribution in [1.82, 2.24) is 24.6 Å². The molecular formula is C18H17N5O4. The zero-order valence-electron chi connectivity index (χ0n) is 14.5. The van der Waals surface area contributed by atoms with Gasteiger partial charge >= 0.3 is 5.97 Å².